The van der Waals surface area contributed by atoms with Crippen molar-refractivity contribution in [2.45, 2.75) is 6.04 Å². The fraction of sp³-hybridized carbons (Fsp3) is 0.350. The Morgan fingerprint density at radius 1 is 1.07 bits per heavy atom. The number of hydrogen-bond acceptors (Lipinski definition) is 6. The molecule has 0 spiro atoms. The van der Waals surface area contributed by atoms with Gasteiger partial charge in [-0.3, -0.25) is 4.79 Å². The van der Waals surface area contributed by atoms with Crippen LogP contribution >= 0.6 is 12.4 Å². The van der Waals surface area contributed by atoms with E-state index in [-0.39, 0.29) is 31.1 Å². The lowest BCUT2D eigenvalue weighted by Gasteiger charge is -2.25. The summed E-state index contributed by atoms with van der Waals surface area (Å²) in [6.07, 6.45) is 0. The van der Waals surface area contributed by atoms with Crippen LogP contribution in [0, 0.1) is 0 Å². The molecule has 1 aliphatic rings. The van der Waals surface area contributed by atoms with E-state index in [4.69, 9.17) is 18.9 Å². The van der Waals surface area contributed by atoms with Gasteiger partial charge in [0.15, 0.2) is 11.5 Å². The molecule has 1 N–H and O–H groups in total. The molecule has 1 unspecified atom stereocenters. The van der Waals surface area contributed by atoms with Crippen LogP contribution in [-0.4, -0.2) is 52.5 Å². The number of benzene rings is 2. The number of hydrogen-bond donors (Lipinski definition) is 1. The van der Waals surface area contributed by atoms with Crippen LogP contribution in [0.15, 0.2) is 36.4 Å². The van der Waals surface area contributed by atoms with Crippen LogP contribution in [0.1, 0.15) is 22.0 Å². The number of methoxy groups -OCH3 is 2. The summed E-state index contributed by atoms with van der Waals surface area (Å²) in [6, 6.07) is 10.9. The predicted octanol–water partition coefficient (Wildman–Crippen LogP) is 2.89. The summed E-state index contributed by atoms with van der Waals surface area (Å²) in [4.78, 5) is 14.7. The Morgan fingerprint density at radius 3 is 2.32 bits per heavy atom. The molecule has 0 fully saturated rings. The van der Waals surface area contributed by atoms with Gasteiger partial charge < -0.3 is 29.2 Å². The molecular formula is C20H25ClN2O5. The first-order valence-electron chi connectivity index (χ1n) is 8.59. The van der Waals surface area contributed by atoms with Crippen LogP contribution < -0.4 is 24.3 Å². The number of halogens is 1. The molecule has 0 aromatic heterocycles. The predicted molar refractivity (Wildman–Crippen MR) is 108 cm³/mol. The average molecular weight is 409 g/mol. The Balaban J connectivity index is 0.00000280. The topological polar surface area (TPSA) is 69.3 Å². The van der Waals surface area contributed by atoms with Crippen LogP contribution in [0.4, 0.5) is 0 Å². The van der Waals surface area contributed by atoms with Gasteiger partial charge in [-0.1, -0.05) is 6.07 Å². The van der Waals surface area contributed by atoms with E-state index in [0.717, 1.165) is 17.1 Å². The summed E-state index contributed by atoms with van der Waals surface area (Å²) >= 11 is 0. The maximum absolute atomic E-state index is 12.6. The van der Waals surface area contributed by atoms with Crippen molar-refractivity contribution in [2.24, 2.45) is 0 Å². The molecule has 1 atom stereocenters. The van der Waals surface area contributed by atoms with E-state index in [2.05, 4.69) is 5.32 Å². The fourth-order valence-electron chi connectivity index (χ4n) is 2.95. The van der Waals surface area contributed by atoms with Gasteiger partial charge in [0.1, 0.15) is 11.5 Å². The molecule has 8 heteroatoms. The van der Waals surface area contributed by atoms with Gasteiger partial charge in [-0.25, -0.2) is 0 Å². The van der Waals surface area contributed by atoms with Crippen molar-refractivity contribution in [3.8, 4) is 23.0 Å². The zero-order valence-electron chi connectivity index (χ0n) is 16.4. The summed E-state index contributed by atoms with van der Waals surface area (Å²) in [5.74, 6) is 2.41. The Bertz CT molecular complexity index is 806. The minimum absolute atomic E-state index is 0. The van der Waals surface area contributed by atoms with Gasteiger partial charge in [-0.2, -0.15) is 0 Å². The van der Waals surface area contributed by atoms with E-state index in [1.165, 1.54) is 0 Å². The Kier molecular flexibility index (Phi) is 7.37. The number of carbonyl (C=O) groups excluding carboxylic acids is 1. The van der Waals surface area contributed by atoms with E-state index < -0.39 is 0 Å². The van der Waals surface area contributed by atoms with E-state index in [1.54, 1.807) is 32.4 Å². The molecule has 7 nitrogen and oxygen atoms in total. The van der Waals surface area contributed by atoms with Crippen molar-refractivity contribution in [1.29, 1.82) is 0 Å². The number of amides is 1. The minimum Gasteiger partial charge on any atom is -0.497 e. The quantitative estimate of drug-likeness (QED) is 0.759. The minimum atomic E-state index is -0.195. The molecule has 2 aromatic rings. The average Bonchev–Trinajstić information content (AvgIpc) is 3.15. The first kappa shape index (κ1) is 21.7. The Hall–Kier alpha value is -2.64. The SMILES string of the molecule is COc1cc(OC)cc(C(=O)NCC(c2ccc3c(c2)OCO3)N(C)C)c1.Cl. The van der Waals surface area contributed by atoms with E-state index in [0.29, 0.717) is 23.6 Å². The first-order chi connectivity index (χ1) is 13.0. The maximum atomic E-state index is 12.6. The normalized spacial score (nSPS) is 12.9. The first-order valence-corrected chi connectivity index (χ1v) is 8.59. The van der Waals surface area contributed by atoms with Crippen LogP contribution in [0.5, 0.6) is 23.0 Å². The number of nitrogens with zero attached hydrogens (tertiary/aromatic N) is 1. The van der Waals surface area contributed by atoms with Gasteiger partial charge in [-0.05, 0) is 43.9 Å². The molecule has 0 radical (unpaired) electrons. The molecule has 1 amide bonds. The third kappa shape index (κ3) is 4.79. The smallest absolute Gasteiger partial charge is 0.251 e. The lowest BCUT2D eigenvalue weighted by atomic mass is 10.0. The van der Waals surface area contributed by atoms with Crippen molar-refractivity contribution < 1.29 is 23.7 Å². The molecule has 2 aromatic carbocycles. The summed E-state index contributed by atoms with van der Waals surface area (Å²) < 4.78 is 21.3. The number of carbonyl (C=O) groups is 1. The summed E-state index contributed by atoms with van der Waals surface area (Å²) in [5.41, 5.74) is 1.52. The lowest BCUT2D eigenvalue weighted by molar-refractivity contribution is 0.0941. The highest BCUT2D eigenvalue weighted by Crippen LogP contribution is 2.35. The zero-order chi connectivity index (χ0) is 19.4. The monoisotopic (exact) mass is 408 g/mol. The highest BCUT2D eigenvalue weighted by atomic mass is 35.5. The molecule has 0 saturated heterocycles. The van der Waals surface area contributed by atoms with Gasteiger partial charge in [0.05, 0.1) is 20.3 Å². The molecule has 152 valence electrons. The Labute approximate surface area is 170 Å². The molecule has 0 saturated carbocycles. The van der Waals surface area contributed by atoms with Crippen LogP contribution in [0.2, 0.25) is 0 Å². The molecule has 28 heavy (non-hydrogen) atoms. The second-order valence-electron chi connectivity index (χ2n) is 6.40. The molecule has 3 rings (SSSR count). The number of rotatable bonds is 7. The second-order valence-corrected chi connectivity index (χ2v) is 6.40. The zero-order valence-corrected chi connectivity index (χ0v) is 17.2. The van der Waals surface area contributed by atoms with Crippen molar-refractivity contribution in [1.82, 2.24) is 10.2 Å². The highest BCUT2D eigenvalue weighted by Gasteiger charge is 2.20. The number of likely N-dealkylation sites (N-methyl/N-ethyl adjacent to an activating group) is 1. The standard InChI is InChI=1S/C20H24N2O5.ClH/c1-22(2)17(13-5-6-18-19(9-13)27-12-26-18)11-21-20(23)14-7-15(24-3)10-16(8-14)25-4;/h5-10,17H,11-12H2,1-4H3,(H,21,23);1H. The van der Waals surface area contributed by atoms with Gasteiger partial charge in [0.25, 0.3) is 5.91 Å². The van der Waals surface area contributed by atoms with Gasteiger partial charge in [0.2, 0.25) is 6.79 Å². The van der Waals surface area contributed by atoms with E-state index >= 15 is 0 Å². The number of ether oxygens (including phenoxy) is 4. The molecule has 0 aliphatic carbocycles. The van der Waals surface area contributed by atoms with E-state index in [1.807, 2.05) is 37.2 Å². The van der Waals surface area contributed by atoms with Gasteiger partial charge >= 0.3 is 0 Å². The molecule has 1 heterocycles. The summed E-state index contributed by atoms with van der Waals surface area (Å²) in [5, 5.41) is 2.99. The summed E-state index contributed by atoms with van der Waals surface area (Å²) in [6.45, 7) is 0.671. The fourth-order valence-corrected chi connectivity index (χ4v) is 2.95. The van der Waals surface area contributed by atoms with Crippen LogP contribution in [0.3, 0.4) is 0 Å². The second kappa shape index (κ2) is 9.52. The van der Waals surface area contributed by atoms with Gasteiger partial charge in [0, 0.05) is 18.2 Å². The highest BCUT2D eigenvalue weighted by molar-refractivity contribution is 5.95. The van der Waals surface area contributed by atoms with Gasteiger partial charge in [-0.15, -0.1) is 12.4 Å². The Morgan fingerprint density at radius 2 is 1.71 bits per heavy atom. The number of nitrogens with one attached hydrogen (secondary N) is 1. The van der Waals surface area contributed by atoms with Crippen molar-refractivity contribution in [3.63, 3.8) is 0 Å². The number of fused-ring (bicyclic) bond motifs is 1. The maximum Gasteiger partial charge on any atom is 0.251 e. The molecule has 0 bridgehead atoms. The third-order valence-corrected chi connectivity index (χ3v) is 4.47. The summed E-state index contributed by atoms with van der Waals surface area (Å²) in [7, 11) is 7.04. The van der Waals surface area contributed by atoms with Crippen molar-refractivity contribution in [3.05, 3.63) is 47.5 Å². The molecular weight excluding hydrogens is 384 g/mol. The van der Waals surface area contributed by atoms with E-state index in [9.17, 15) is 4.79 Å². The third-order valence-electron chi connectivity index (χ3n) is 4.47. The van der Waals surface area contributed by atoms with Crippen LogP contribution in [-0.2, 0) is 0 Å². The van der Waals surface area contributed by atoms with Crippen molar-refractivity contribution >= 4 is 18.3 Å². The molecule has 1 aliphatic heterocycles. The van der Waals surface area contributed by atoms with Crippen molar-refractivity contribution in [2.75, 3.05) is 41.7 Å². The largest absolute Gasteiger partial charge is 0.497 e. The lowest BCUT2D eigenvalue weighted by Crippen LogP contribution is -2.34. The van der Waals surface area contributed by atoms with Crippen LogP contribution in [0.25, 0.3) is 0 Å².